The molecule has 0 bridgehead atoms. The maximum atomic E-state index is 11.5. The van der Waals surface area contributed by atoms with Crippen molar-refractivity contribution in [1.82, 2.24) is 10.2 Å². The van der Waals surface area contributed by atoms with E-state index in [4.69, 9.17) is 0 Å². The van der Waals surface area contributed by atoms with E-state index in [-0.39, 0.29) is 6.04 Å². The molecular formula is C14H28N2O2. The van der Waals surface area contributed by atoms with Gasteiger partial charge in [0.05, 0.1) is 0 Å². The Bertz CT molecular complexity index is 281. The molecule has 1 fully saturated rings. The van der Waals surface area contributed by atoms with Crippen LogP contribution in [0.1, 0.15) is 47.0 Å². The Morgan fingerprint density at radius 3 is 2.72 bits per heavy atom. The van der Waals surface area contributed by atoms with E-state index < -0.39 is 11.5 Å². The molecule has 0 aromatic carbocycles. The third-order valence-electron chi connectivity index (χ3n) is 3.69. The lowest BCUT2D eigenvalue weighted by atomic mass is 10.0. The molecule has 18 heavy (non-hydrogen) atoms. The molecule has 1 heterocycles. The molecule has 0 radical (unpaired) electrons. The number of hydrogen-bond acceptors (Lipinski definition) is 3. The molecule has 4 nitrogen and oxygen atoms in total. The van der Waals surface area contributed by atoms with Gasteiger partial charge in [0.25, 0.3) is 0 Å². The zero-order chi connectivity index (χ0) is 13.8. The van der Waals surface area contributed by atoms with Gasteiger partial charge < -0.3 is 10.0 Å². The molecule has 4 heteroatoms. The van der Waals surface area contributed by atoms with Gasteiger partial charge in [-0.1, -0.05) is 13.3 Å². The summed E-state index contributed by atoms with van der Waals surface area (Å²) in [5.41, 5.74) is -0.838. The molecule has 0 aliphatic carbocycles. The molecule has 0 aromatic rings. The predicted molar refractivity (Wildman–Crippen MR) is 73.8 cm³/mol. The Kier molecular flexibility index (Phi) is 5.60. The number of nitrogens with one attached hydrogen (secondary N) is 1. The first-order chi connectivity index (χ1) is 8.37. The number of carboxylic acids is 1. The molecule has 1 rings (SSSR count). The van der Waals surface area contributed by atoms with Crippen LogP contribution in [-0.2, 0) is 4.79 Å². The molecule has 1 aliphatic rings. The lowest BCUT2D eigenvalue weighted by Crippen LogP contribution is -2.58. The summed E-state index contributed by atoms with van der Waals surface area (Å²) in [5, 5.41) is 12.6. The molecule has 106 valence electrons. The standard InChI is InChI=1S/C14H28N2O2/c1-5-6-12-7-8-16(9-12)10-14(4,13(17)18)15-11(2)3/h11-12,15H,5-10H2,1-4H3,(H,17,18). The van der Waals surface area contributed by atoms with Crippen molar-refractivity contribution in [2.45, 2.75) is 58.5 Å². The van der Waals surface area contributed by atoms with Crippen LogP contribution in [0.15, 0.2) is 0 Å². The number of aliphatic carboxylic acids is 1. The number of likely N-dealkylation sites (tertiary alicyclic amines) is 1. The Labute approximate surface area is 111 Å². The fourth-order valence-corrected chi connectivity index (χ4v) is 2.96. The Balaban J connectivity index is 2.55. The first kappa shape index (κ1) is 15.4. The summed E-state index contributed by atoms with van der Waals surface area (Å²) < 4.78 is 0. The van der Waals surface area contributed by atoms with Gasteiger partial charge in [-0.05, 0) is 46.1 Å². The molecular weight excluding hydrogens is 228 g/mol. The van der Waals surface area contributed by atoms with Crippen LogP contribution >= 0.6 is 0 Å². The summed E-state index contributed by atoms with van der Waals surface area (Å²) in [4.78, 5) is 13.8. The van der Waals surface area contributed by atoms with Crippen molar-refractivity contribution in [3.05, 3.63) is 0 Å². The molecule has 1 aliphatic heterocycles. The van der Waals surface area contributed by atoms with Gasteiger partial charge in [0.2, 0.25) is 0 Å². The average Bonchev–Trinajstić information content (AvgIpc) is 2.64. The second-order valence-electron chi connectivity index (χ2n) is 6.11. The molecule has 0 amide bonds. The number of carboxylic acid groups (broad SMARTS) is 1. The van der Waals surface area contributed by atoms with Crippen LogP contribution < -0.4 is 5.32 Å². The fourth-order valence-electron chi connectivity index (χ4n) is 2.96. The van der Waals surface area contributed by atoms with E-state index >= 15 is 0 Å². The molecule has 2 N–H and O–H groups in total. The highest BCUT2D eigenvalue weighted by atomic mass is 16.4. The number of carbonyl (C=O) groups is 1. The quantitative estimate of drug-likeness (QED) is 0.731. The molecule has 0 spiro atoms. The second-order valence-corrected chi connectivity index (χ2v) is 6.11. The SMILES string of the molecule is CCCC1CCN(CC(C)(NC(C)C)C(=O)O)C1. The number of rotatable bonds is 7. The van der Waals surface area contributed by atoms with Crippen molar-refractivity contribution in [3.8, 4) is 0 Å². The van der Waals surface area contributed by atoms with E-state index in [9.17, 15) is 9.90 Å². The maximum Gasteiger partial charge on any atom is 0.324 e. The van der Waals surface area contributed by atoms with Crippen LogP contribution in [0, 0.1) is 5.92 Å². The summed E-state index contributed by atoms with van der Waals surface area (Å²) in [6.07, 6.45) is 3.70. The van der Waals surface area contributed by atoms with E-state index in [0.717, 1.165) is 19.0 Å². The zero-order valence-corrected chi connectivity index (χ0v) is 12.2. The van der Waals surface area contributed by atoms with Crippen LogP contribution in [0.4, 0.5) is 0 Å². The van der Waals surface area contributed by atoms with E-state index in [0.29, 0.717) is 6.54 Å². The van der Waals surface area contributed by atoms with Gasteiger partial charge >= 0.3 is 5.97 Å². The van der Waals surface area contributed by atoms with Crippen LogP contribution in [0.3, 0.4) is 0 Å². The third-order valence-corrected chi connectivity index (χ3v) is 3.69. The molecule has 0 saturated carbocycles. The monoisotopic (exact) mass is 256 g/mol. The van der Waals surface area contributed by atoms with E-state index in [1.807, 2.05) is 13.8 Å². The smallest absolute Gasteiger partial charge is 0.324 e. The first-order valence-corrected chi connectivity index (χ1v) is 7.11. The van der Waals surface area contributed by atoms with Gasteiger partial charge in [-0.3, -0.25) is 10.1 Å². The summed E-state index contributed by atoms with van der Waals surface area (Å²) in [6, 6.07) is 0.181. The second kappa shape index (κ2) is 6.53. The highest BCUT2D eigenvalue weighted by Gasteiger charge is 2.37. The van der Waals surface area contributed by atoms with Gasteiger partial charge in [0.1, 0.15) is 5.54 Å². The van der Waals surface area contributed by atoms with E-state index in [1.54, 1.807) is 6.92 Å². The topological polar surface area (TPSA) is 52.6 Å². The molecule has 2 unspecified atom stereocenters. The van der Waals surface area contributed by atoms with Gasteiger partial charge in [-0.25, -0.2) is 0 Å². The van der Waals surface area contributed by atoms with Crippen molar-refractivity contribution >= 4 is 5.97 Å². The van der Waals surface area contributed by atoms with E-state index in [2.05, 4.69) is 17.1 Å². The van der Waals surface area contributed by atoms with Crippen LogP contribution in [0.25, 0.3) is 0 Å². The Morgan fingerprint density at radius 2 is 2.22 bits per heavy atom. The zero-order valence-electron chi connectivity index (χ0n) is 12.2. The largest absolute Gasteiger partial charge is 0.480 e. The summed E-state index contributed by atoms with van der Waals surface area (Å²) in [6.45, 7) is 10.7. The number of nitrogens with zero attached hydrogens (tertiary/aromatic N) is 1. The van der Waals surface area contributed by atoms with Crippen molar-refractivity contribution < 1.29 is 9.90 Å². The minimum absolute atomic E-state index is 0.181. The van der Waals surface area contributed by atoms with Crippen molar-refractivity contribution in [3.63, 3.8) is 0 Å². The molecule has 1 saturated heterocycles. The van der Waals surface area contributed by atoms with Gasteiger partial charge in [-0.15, -0.1) is 0 Å². The summed E-state index contributed by atoms with van der Waals surface area (Å²) >= 11 is 0. The van der Waals surface area contributed by atoms with Gasteiger partial charge in [0.15, 0.2) is 0 Å². The van der Waals surface area contributed by atoms with Crippen LogP contribution in [-0.4, -0.2) is 47.2 Å². The molecule has 2 atom stereocenters. The fraction of sp³-hybridized carbons (Fsp3) is 0.929. The highest BCUT2D eigenvalue weighted by molar-refractivity contribution is 5.78. The van der Waals surface area contributed by atoms with Crippen molar-refractivity contribution in [2.24, 2.45) is 5.92 Å². The average molecular weight is 256 g/mol. The van der Waals surface area contributed by atoms with Crippen molar-refractivity contribution in [2.75, 3.05) is 19.6 Å². The first-order valence-electron chi connectivity index (χ1n) is 7.11. The van der Waals surface area contributed by atoms with E-state index in [1.165, 1.54) is 19.3 Å². The third kappa shape index (κ3) is 4.25. The van der Waals surface area contributed by atoms with Crippen LogP contribution in [0.5, 0.6) is 0 Å². The maximum absolute atomic E-state index is 11.5. The Morgan fingerprint density at radius 1 is 1.56 bits per heavy atom. The lowest BCUT2D eigenvalue weighted by Gasteiger charge is -2.32. The predicted octanol–water partition coefficient (Wildman–Crippen LogP) is 1.95. The lowest BCUT2D eigenvalue weighted by molar-refractivity contribution is -0.145. The van der Waals surface area contributed by atoms with Gasteiger partial charge in [0, 0.05) is 19.1 Å². The molecule has 0 aromatic heterocycles. The summed E-state index contributed by atoms with van der Waals surface area (Å²) in [7, 11) is 0. The minimum Gasteiger partial charge on any atom is -0.480 e. The van der Waals surface area contributed by atoms with Crippen LogP contribution in [0.2, 0.25) is 0 Å². The normalized spacial score (nSPS) is 24.4. The Hall–Kier alpha value is -0.610. The number of hydrogen-bond donors (Lipinski definition) is 2. The van der Waals surface area contributed by atoms with Gasteiger partial charge in [-0.2, -0.15) is 0 Å². The summed E-state index contributed by atoms with van der Waals surface area (Å²) in [5.74, 6) is 0.00207. The van der Waals surface area contributed by atoms with Crippen molar-refractivity contribution in [1.29, 1.82) is 0 Å². The minimum atomic E-state index is -0.838. The highest BCUT2D eigenvalue weighted by Crippen LogP contribution is 2.22.